The molecule has 0 amide bonds. The second-order valence-corrected chi connectivity index (χ2v) is 6.84. The smallest absolute Gasteiger partial charge is 0.222 e. The van der Waals surface area contributed by atoms with Crippen LogP contribution in [0.2, 0.25) is 0 Å². The van der Waals surface area contributed by atoms with Crippen molar-refractivity contribution in [3.63, 3.8) is 0 Å². The number of nitrogens with zero attached hydrogens (tertiary/aromatic N) is 3. The SMILES string of the molecule is CC(C)c1cc(N[C@H]2C[C@H]3CO[C@@H](CCO)CN3C2)nc(N)n1. The molecule has 1 aromatic rings. The summed E-state index contributed by atoms with van der Waals surface area (Å²) in [6, 6.07) is 2.78. The zero-order valence-electron chi connectivity index (χ0n) is 13.9. The minimum absolute atomic E-state index is 0.150. The molecule has 23 heavy (non-hydrogen) atoms. The highest BCUT2D eigenvalue weighted by Crippen LogP contribution is 2.26. The molecule has 7 nitrogen and oxygen atoms in total. The van der Waals surface area contributed by atoms with Crippen LogP contribution in [0.25, 0.3) is 0 Å². The fraction of sp³-hybridized carbons (Fsp3) is 0.750. The molecule has 0 unspecified atom stereocenters. The van der Waals surface area contributed by atoms with E-state index in [1.54, 1.807) is 0 Å². The van der Waals surface area contributed by atoms with Crippen LogP contribution < -0.4 is 11.1 Å². The maximum atomic E-state index is 9.07. The minimum atomic E-state index is 0.150. The first kappa shape index (κ1) is 16.4. The lowest BCUT2D eigenvalue weighted by Crippen LogP contribution is -2.46. The molecule has 0 aliphatic carbocycles. The van der Waals surface area contributed by atoms with E-state index in [0.29, 0.717) is 30.4 Å². The second-order valence-electron chi connectivity index (χ2n) is 6.84. The van der Waals surface area contributed by atoms with Gasteiger partial charge in [-0.05, 0) is 18.8 Å². The van der Waals surface area contributed by atoms with E-state index < -0.39 is 0 Å². The Hall–Kier alpha value is -1.44. The van der Waals surface area contributed by atoms with Crippen LogP contribution in [0.5, 0.6) is 0 Å². The van der Waals surface area contributed by atoms with Gasteiger partial charge >= 0.3 is 0 Å². The van der Waals surface area contributed by atoms with E-state index in [9.17, 15) is 0 Å². The lowest BCUT2D eigenvalue weighted by molar-refractivity contribution is -0.0566. The van der Waals surface area contributed by atoms with Crippen molar-refractivity contribution >= 4 is 11.8 Å². The molecule has 3 atom stereocenters. The highest BCUT2D eigenvalue weighted by molar-refractivity contribution is 5.42. The third kappa shape index (κ3) is 3.91. The van der Waals surface area contributed by atoms with Crippen LogP contribution in [-0.2, 0) is 4.74 Å². The standard InChI is InChI=1S/C16H27N5O2/c1-10(2)14-6-15(20-16(17)19-14)18-11-5-12-9-23-13(3-4-22)8-21(12)7-11/h6,10-13,22H,3-5,7-9H2,1-2H3,(H3,17,18,19,20)/t11-,12-,13-/m0/s1. The van der Waals surface area contributed by atoms with Crippen LogP contribution in [0.1, 0.15) is 38.3 Å². The van der Waals surface area contributed by atoms with E-state index in [4.69, 9.17) is 15.6 Å². The molecule has 0 bridgehead atoms. The highest BCUT2D eigenvalue weighted by Gasteiger charge is 2.37. The lowest BCUT2D eigenvalue weighted by Gasteiger charge is -2.34. The summed E-state index contributed by atoms with van der Waals surface area (Å²) in [6.45, 7) is 6.98. The quantitative estimate of drug-likeness (QED) is 0.738. The summed E-state index contributed by atoms with van der Waals surface area (Å²) >= 11 is 0. The number of nitrogens with one attached hydrogen (secondary N) is 1. The van der Waals surface area contributed by atoms with E-state index >= 15 is 0 Å². The summed E-state index contributed by atoms with van der Waals surface area (Å²) in [6.07, 6.45) is 1.89. The predicted molar refractivity (Wildman–Crippen MR) is 89.4 cm³/mol. The third-order valence-corrected chi connectivity index (χ3v) is 4.65. The Morgan fingerprint density at radius 2 is 2.26 bits per heavy atom. The molecule has 3 rings (SSSR count). The number of ether oxygens (including phenoxy) is 1. The number of aromatic nitrogens is 2. The van der Waals surface area contributed by atoms with E-state index in [1.807, 2.05) is 6.07 Å². The predicted octanol–water partition coefficient (Wildman–Crippen LogP) is 0.818. The van der Waals surface area contributed by atoms with Gasteiger partial charge in [-0.25, -0.2) is 4.98 Å². The number of morpholine rings is 1. The van der Waals surface area contributed by atoms with Crippen molar-refractivity contribution < 1.29 is 9.84 Å². The highest BCUT2D eigenvalue weighted by atomic mass is 16.5. The van der Waals surface area contributed by atoms with Crippen molar-refractivity contribution in [2.24, 2.45) is 0 Å². The number of nitrogen functional groups attached to an aromatic ring is 1. The van der Waals surface area contributed by atoms with E-state index in [2.05, 4.69) is 34.0 Å². The molecule has 4 N–H and O–H groups in total. The molecule has 2 saturated heterocycles. The van der Waals surface area contributed by atoms with Crippen LogP contribution in [0, 0.1) is 0 Å². The van der Waals surface area contributed by atoms with Gasteiger partial charge in [-0.2, -0.15) is 4.98 Å². The van der Waals surface area contributed by atoms with Crippen LogP contribution in [-0.4, -0.2) is 64.5 Å². The van der Waals surface area contributed by atoms with Gasteiger partial charge in [0.15, 0.2) is 0 Å². The Balaban J connectivity index is 1.62. The summed E-state index contributed by atoms with van der Waals surface area (Å²) < 4.78 is 5.83. The second kappa shape index (κ2) is 6.98. The fourth-order valence-corrected chi connectivity index (χ4v) is 3.43. The Bertz CT molecular complexity index is 539. The summed E-state index contributed by atoms with van der Waals surface area (Å²) in [5, 5.41) is 12.6. The van der Waals surface area contributed by atoms with Gasteiger partial charge in [-0.3, -0.25) is 4.90 Å². The minimum Gasteiger partial charge on any atom is -0.396 e. The molecular weight excluding hydrogens is 294 g/mol. The molecule has 2 aliphatic rings. The average molecular weight is 321 g/mol. The van der Waals surface area contributed by atoms with Gasteiger partial charge < -0.3 is 20.9 Å². The van der Waals surface area contributed by atoms with Gasteiger partial charge in [0, 0.05) is 37.8 Å². The molecule has 128 valence electrons. The number of hydrogen-bond donors (Lipinski definition) is 3. The van der Waals surface area contributed by atoms with Gasteiger partial charge in [0.2, 0.25) is 5.95 Å². The Morgan fingerprint density at radius 3 is 3.00 bits per heavy atom. The monoisotopic (exact) mass is 321 g/mol. The largest absolute Gasteiger partial charge is 0.396 e. The van der Waals surface area contributed by atoms with Crippen LogP contribution in [0.3, 0.4) is 0 Å². The molecular formula is C16H27N5O2. The fourth-order valence-electron chi connectivity index (χ4n) is 3.43. The number of fused-ring (bicyclic) bond motifs is 1. The molecule has 0 aromatic carbocycles. The summed E-state index contributed by atoms with van der Waals surface area (Å²) in [7, 11) is 0. The zero-order chi connectivity index (χ0) is 16.4. The molecule has 0 radical (unpaired) electrons. The van der Waals surface area contributed by atoms with Gasteiger partial charge in [-0.1, -0.05) is 13.8 Å². The normalized spacial score (nSPS) is 28.1. The molecule has 0 saturated carbocycles. The summed E-state index contributed by atoms with van der Waals surface area (Å²) in [4.78, 5) is 11.1. The Kier molecular flexibility index (Phi) is 4.99. The lowest BCUT2D eigenvalue weighted by atomic mass is 10.1. The van der Waals surface area contributed by atoms with Gasteiger partial charge in [0.05, 0.1) is 18.4 Å². The third-order valence-electron chi connectivity index (χ3n) is 4.65. The van der Waals surface area contributed by atoms with Crippen LogP contribution >= 0.6 is 0 Å². The van der Waals surface area contributed by atoms with Crippen molar-refractivity contribution in [2.75, 3.05) is 37.4 Å². The maximum absolute atomic E-state index is 9.07. The summed E-state index contributed by atoms with van der Waals surface area (Å²) in [5.41, 5.74) is 6.78. The van der Waals surface area contributed by atoms with Crippen molar-refractivity contribution in [1.29, 1.82) is 0 Å². The van der Waals surface area contributed by atoms with Crippen molar-refractivity contribution in [3.05, 3.63) is 11.8 Å². The molecule has 7 heteroatoms. The average Bonchev–Trinajstić information content (AvgIpc) is 2.88. The zero-order valence-corrected chi connectivity index (χ0v) is 13.9. The van der Waals surface area contributed by atoms with E-state index in [-0.39, 0.29) is 12.7 Å². The first-order valence-corrected chi connectivity index (χ1v) is 8.42. The van der Waals surface area contributed by atoms with Crippen molar-refractivity contribution in [2.45, 2.75) is 50.8 Å². The number of anilines is 2. The van der Waals surface area contributed by atoms with E-state index in [0.717, 1.165) is 37.6 Å². The van der Waals surface area contributed by atoms with Gasteiger partial charge in [0.1, 0.15) is 5.82 Å². The number of nitrogens with two attached hydrogens (primary N) is 1. The van der Waals surface area contributed by atoms with Crippen molar-refractivity contribution in [3.8, 4) is 0 Å². The first-order chi connectivity index (χ1) is 11.0. The summed E-state index contributed by atoms with van der Waals surface area (Å²) in [5.74, 6) is 1.45. The Labute approximate surface area is 137 Å². The molecule has 1 aromatic heterocycles. The number of rotatable bonds is 5. The molecule has 2 aliphatic heterocycles. The van der Waals surface area contributed by atoms with Gasteiger partial charge in [-0.15, -0.1) is 0 Å². The van der Waals surface area contributed by atoms with Crippen LogP contribution in [0.15, 0.2) is 6.07 Å². The number of hydrogen-bond acceptors (Lipinski definition) is 7. The van der Waals surface area contributed by atoms with E-state index in [1.165, 1.54) is 0 Å². The number of aliphatic hydroxyl groups is 1. The van der Waals surface area contributed by atoms with Gasteiger partial charge in [0.25, 0.3) is 0 Å². The Morgan fingerprint density at radius 1 is 1.43 bits per heavy atom. The topological polar surface area (TPSA) is 96.5 Å². The molecule has 0 spiro atoms. The number of aliphatic hydroxyl groups excluding tert-OH is 1. The molecule has 2 fully saturated rings. The van der Waals surface area contributed by atoms with Crippen molar-refractivity contribution in [1.82, 2.24) is 14.9 Å². The maximum Gasteiger partial charge on any atom is 0.222 e. The first-order valence-electron chi connectivity index (χ1n) is 8.42. The van der Waals surface area contributed by atoms with Crippen LogP contribution in [0.4, 0.5) is 11.8 Å². The molecule has 3 heterocycles.